The summed E-state index contributed by atoms with van der Waals surface area (Å²) in [6, 6.07) is 0.464. The van der Waals surface area contributed by atoms with Gasteiger partial charge in [-0.25, -0.2) is 4.99 Å². The van der Waals surface area contributed by atoms with Crippen LogP contribution in [0.5, 0.6) is 0 Å². The Labute approximate surface area is 148 Å². The third-order valence-electron chi connectivity index (χ3n) is 6.30. The fourth-order valence-electron chi connectivity index (χ4n) is 4.66. The maximum atomic E-state index is 6.01. The van der Waals surface area contributed by atoms with E-state index in [2.05, 4.69) is 27.4 Å². The van der Waals surface area contributed by atoms with Gasteiger partial charge in [0.15, 0.2) is 11.8 Å². The van der Waals surface area contributed by atoms with E-state index in [4.69, 9.17) is 9.73 Å². The lowest BCUT2D eigenvalue weighted by Gasteiger charge is -2.63. The first-order valence-electron chi connectivity index (χ1n) is 9.28. The van der Waals surface area contributed by atoms with E-state index in [9.17, 15) is 0 Å². The molecule has 7 heteroatoms. The number of aliphatic imine (C=N–C) groups is 1. The van der Waals surface area contributed by atoms with Gasteiger partial charge in [-0.3, -0.25) is 0 Å². The van der Waals surface area contributed by atoms with E-state index in [1.54, 1.807) is 0 Å². The van der Waals surface area contributed by atoms with Crippen LogP contribution in [0.15, 0.2) is 17.6 Å². The van der Waals surface area contributed by atoms with Crippen LogP contribution in [0.4, 0.5) is 0 Å². The Balaban J connectivity index is 1.48. The lowest BCUT2D eigenvalue weighted by atomic mass is 9.46. The molecule has 4 rings (SSSR count). The van der Waals surface area contributed by atoms with Crippen LogP contribution >= 0.6 is 0 Å². The van der Waals surface area contributed by atoms with Crippen molar-refractivity contribution in [3.63, 3.8) is 0 Å². The Morgan fingerprint density at radius 3 is 2.96 bits per heavy atom. The molecule has 1 saturated heterocycles. The van der Waals surface area contributed by atoms with Crippen LogP contribution in [-0.2, 0) is 18.3 Å². The number of nitrogens with zero attached hydrogens (tertiary/aromatic N) is 4. The summed E-state index contributed by atoms with van der Waals surface area (Å²) in [5.74, 6) is 3.22. The minimum atomic E-state index is 0.333. The van der Waals surface area contributed by atoms with Crippen molar-refractivity contribution in [2.24, 2.45) is 23.4 Å². The summed E-state index contributed by atoms with van der Waals surface area (Å²) in [6.45, 7) is 7.85. The predicted octanol–water partition coefficient (Wildman–Crippen LogP) is 1.30. The molecule has 1 aliphatic heterocycles. The lowest BCUT2D eigenvalue weighted by molar-refractivity contribution is -0.171. The fourth-order valence-corrected chi connectivity index (χ4v) is 4.66. The molecule has 7 nitrogen and oxygen atoms in total. The highest BCUT2D eigenvalue weighted by Gasteiger charge is 2.66. The van der Waals surface area contributed by atoms with Gasteiger partial charge < -0.3 is 19.9 Å². The minimum Gasteiger partial charge on any atom is -0.377 e. The number of aryl methyl sites for hydroxylation is 1. The molecule has 1 spiro atoms. The van der Waals surface area contributed by atoms with E-state index >= 15 is 0 Å². The first-order chi connectivity index (χ1) is 12.2. The molecule has 2 N–H and O–H groups in total. The van der Waals surface area contributed by atoms with Gasteiger partial charge in [0.05, 0.1) is 6.10 Å². The smallest absolute Gasteiger partial charge is 0.192 e. The first kappa shape index (κ1) is 16.6. The van der Waals surface area contributed by atoms with Crippen molar-refractivity contribution in [2.45, 2.75) is 51.3 Å². The largest absolute Gasteiger partial charge is 0.377 e. The van der Waals surface area contributed by atoms with Gasteiger partial charge in [-0.05, 0) is 26.2 Å². The van der Waals surface area contributed by atoms with Crippen LogP contribution in [0.1, 0.15) is 37.3 Å². The molecule has 2 aliphatic carbocycles. The molecule has 3 fully saturated rings. The van der Waals surface area contributed by atoms with E-state index in [0.29, 0.717) is 36.6 Å². The second-order valence-corrected chi connectivity index (χ2v) is 7.51. The normalized spacial score (nSPS) is 29.7. The molecule has 1 aromatic rings. The average molecular weight is 344 g/mol. The van der Waals surface area contributed by atoms with Gasteiger partial charge in [-0.2, -0.15) is 0 Å². The Morgan fingerprint density at radius 1 is 1.48 bits per heavy atom. The summed E-state index contributed by atoms with van der Waals surface area (Å²) in [5, 5.41) is 15.4. The zero-order valence-corrected chi connectivity index (χ0v) is 15.2. The van der Waals surface area contributed by atoms with Crippen LogP contribution in [-0.4, -0.2) is 46.0 Å². The number of rotatable bonds is 5. The van der Waals surface area contributed by atoms with Gasteiger partial charge in [0.2, 0.25) is 0 Å². The number of hydrogen-bond donors (Lipinski definition) is 2. The maximum Gasteiger partial charge on any atom is 0.192 e. The Hall–Kier alpha value is -1.89. The van der Waals surface area contributed by atoms with Crippen LogP contribution in [0.25, 0.3) is 0 Å². The monoisotopic (exact) mass is 344 g/mol. The van der Waals surface area contributed by atoms with Gasteiger partial charge in [0.25, 0.3) is 0 Å². The van der Waals surface area contributed by atoms with Crippen LogP contribution in [0.2, 0.25) is 0 Å². The van der Waals surface area contributed by atoms with Crippen molar-refractivity contribution >= 4 is 5.96 Å². The number of guanidine groups is 1. The minimum absolute atomic E-state index is 0.333. The van der Waals surface area contributed by atoms with Crippen molar-refractivity contribution in [1.29, 1.82) is 0 Å². The van der Waals surface area contributed by atoms with Crippen LogP contribution in [0, 0.1) is 18.3 Å². The molecule has 2 saturated carbocycles. The molecule has 1 aromatic heterocycles. The predicted molar refractivity (Wildman–Crippen MR) is 96.1 cm³/mol. The van der Waals surface area contributed by atoms with E-state index in [-0.39, 0.29) is 0 Å². The van der Waals surface area contributed by atoms with Crippen LogP contribution < -0.4 is 10.6 Å². The molecule has 3 aliphatic rings. The fraction of sp³-hybridized carbons (Fsp3) is 0.722. The molecule has 0 bridgehead atoms. The third kappa shape index (κ3) is 2.65. The molecular formula is C18H28N6O. The maximum absolute atomic E-state index is 6.01. The summed E-state index contributed by atoms with van der Waals surface area (Å²) >= 11 is 0. The number of fused-ring (bicyclic) bond motifs is 2. The molecule has 3 unspecified atom stereocenters. The van der Waals surface area contributed by atoms with Gasteiger partial charge in [0.1, 0.15) is 12.4 Å². The average Bonchev–Trinajstić information content (AvgIpc) is 3.12. The zero-order chi connectivity index (χ0) is 17.4. The topological polar surface area (TPSA) is 76.4 Å². The Morgan fingerprint density at radius 2 is 2.32 bits per heavy atom. The zero-order valence-electron chi connectivity index (χ0n) is 15.2. The summed E-state index contributed by atoms with van der Waals surface area (Å²) in [6.07, 6.45) is 7.31. The summed E-state index contributed by atoms with van der Waals surface area (Å²) < 4.78 is 7.99. The first-order valence-corrected chi connectivity index (χ1v) is 9.28. The number of ether oxygens (including phenoxy) is 1. The van der Waals surface area contributed by atoms with Crippen molar-refractivity contribution in [3.05, 3.63) is 24.3 Å². The molecule has 3 atom stereocenters. The molecule has 136 valence electrons. The van der Waals surface area contributed by atoms with Crippen molar-refractivity contribution in [1.82, 2.24) is 25.4 Å². The van der Waals surface area contributed by atoms with E-state index < -0.39 is 0 Å². The molecule has 2 heterocycles. The van der Waals surface area contributed by atoms with Crippen LogP contribution in [0.3, 0.4) is 0 Å². The van der Waals surface area contributed by atoms with E-state index in [1.807, 2.05) is 24.6 Å². The van der Waals surface area contributed by atoms with Gasteiger partial charge in [0, 0.05) is 37.6 Å². The highest BCUT2D eigenvalue weighted by Crippen LogP contribution is 2.62. The van der Waals surface area contributed by atoms with E-state index in [1.165, 1.54) is 19.3 Å². The molecule has 25 heavy (non-hydrogen) atoms. The quantitative estimate of drug-likeness (QED) is 0.478. The molecule has 0 radical (unpaired) electrons. The molecular weight excluding hydrogens is 316 g/mol. The Kier molecular flexibility index (Phi) is 4.27. The molecule has 0 amide bonds. The second kappa shape index (κ2) is 6.44. The highest BCUT2D eigenvalue weighted by atomic mass is 16.5. The van der Waals surface area contributed by atoms with Crippen molar-refractivity contribution < 1.29 is 4.74 Å². The summed E-state index contributed by atoms with van der Waals surface area (Å²) in [5.41, 5.74) is 0.333. The van der Waals surface area contributed by atoms with Crippen molar-refractivity contribution in [3.8, 4) is 0 Å². The number of aromatic nitrogens is 3. The lowest BCUT2D eigenvalue weighted by Crippen LogP contribution is -2.72. The number of hydrogen-bond acceptors (Lipinski definition) is 4. The highest BCUT2D eigenvalue weighted by molar-refractivity contribution is 5.80. The summed E-state index contributed by atoms with van der Waals surface area (Å²) in [4.78, 5) is 4.75. The van der Waals surface area contributed by atoms with Crippen molar-refractivity contribution in [2.75, 3.05) is 13.2 Å². The standard InChI is InChI=1S/C18H28N6O/c1-4-9-19-17(20-11-14-23-22-12(2)24(14)3)21-15-13-6-10-25-16(13)18(15)7-5-8-18/h4,13,15-16H,1,5-11H2,2-3H3,(H2,19,20,21). The Bertz CT molecular complexity index is 677. The van der Waals surface area contributed by atoms with Gasteiger partial charge in [-0.15, -0.1) is 16.8 Å². The molecule has 0 aromatic carbocycles. The SMILES string of the molecule is C=CCNC(=NCc1nnc(C)n1C)NC1C2CCOC2C12CCC2. The second-order valence-electron chi connectivity index (χ2n) is 7.51. The third-order valence-corrected chi connectivity index (χ3v) is 6.30. The number of nitrogens with one attached hydrogen (secondary N) is 2. The summed E-state index contributed by atoms with van der Waals surface area (Å²) in [7, 11) is 1.97. The van der Waals surface area contributed by atoms with Gasteiger partial charge >= 0.3 is 0 Å². The van der Waals surface area contributed by atoms with E-state index in [0.717, 1.165) is 30.6 Å². The van der Waals surface area contributed by atoms with Gasteiger partial charge in [-0.1, -0.05) is 12.5 Å².